The van der Waals surface area contributed by atoms with Gasteiger partial charge >= 0.3 is 0 Å². The topological polar surface area (TPSA) is 15.6 Å². The Morgan fingerprint density at radius 3 is 3.21 bits per heavy atom. The molecule has 1 atom stereocenters. The second-order valence-electron chi connectivity index (χ2n) is 4.53. The molecule has 0 bridgehead atoms. The zero-order valence-corrected chi connectivity index (χ0v) is 9.34. The predicted octanol–water partition coefficient (Wildman–Crippen LogP) is 2.83. The summed E-state index contributed by atoms with van der Waals surface area (Å²) in [5.41, 5.74) is 0. The van der Waals surface area contributed by atoms with Crippen molar-refractivity contribution < 1.29 is 0 Å². The van der Waals surface area contributed by atoms with Crippen LogP contribution in [0.4, 0.5) is 0 Å². The first-order chi connectivity index (χ1) is 6.92. The summed E-state index contributed by atoms with van der Waals surface area (Å²) in [6.07, 6.45) is 9.43. The van der Waals surface area contributed by atoms with E-state index in [1.165, 1.54) is 57.3 Å². The monoisotopic (exact) mass is 194 g/mol. The summed E-state index contributed by atoms with van der Waals surface area (Å²) in [6.45, 7) is 4.63. The zero-order chi connectivity index (χ0) is 9.80. The van der Waals surface area contributed by atoms with Crippen molar-refractivity contribution >= 4 is 5.84 Å². The zero-order valence-electron chi connectivity index (χ0n) is 9.34. The van der Waals surface area contributed by atoms with Gasteiger partial charge in [-0.1, -0.05) is 26.2 Å². The van der Waals surface area contributed by atoms with Crippen molar-refractivity contribution in [3.8, 4) is 0 Å². The summed E-state index contributed by atoms with van der Waals surface area (Å²) < 4.78 is 0. The summed E-state index contributed by atoms with van der Waals surface area (Å²) in [5.74, 6) is 1.41. The van der Waals surface area contributed by atoms with Crippen LogP contribution in [0.2, 0.25) is 0 Å². The van der Waals surface area contributed by atoms with E-state index >= 15 is 0 Å². The maximum atomic E-state index is 4.61. The lowest BCUT2D eigenvalue weighted by Crippen LogP contribution is -2.36. The largest absolute Gasteiger partial charge is 0.357 e. The van der Waals surface area contributed by atoms with Crippen LogP contribution in [0.3, 0.4) is 0 Å². The Labute approximate surface area is 87.4 Å². The van der Waals surface area contributed by atoms with Crippen LogP contribution in [-0.2, 0) is 0 Å². The lowest BCUT2D eigenvalue weighted by atomic mass is 10.1. The highest BCUT2D eigenvalue weighted by molar-refractivity contribution is 5.85. The molecule has 80 valence electrons. The number of fused-ring (bicyclic) bond motifs is 1. The molecule has 14 heavy (non-hydrogen) atoms. The van der Waals surface area contributed by atoms with Crippen LogP contribution in [-0.4, -0.2) is 29.9 Å². The Hall–Kier alpha value is -0.530. The molecular formula is C12H22N2. The highest BCUT2D eigenvalue weighted by Crippen LogP contribution is 2.26. The molecule has 1 fully saturated rings. The molecule has 2 nitrogen and oxygen atoms in total. The van der Waals surface area contributed by atoms with E-state index in [2.05, 4.69) is 16.8 Å². The SMILES string of the molecule is CCCCCC1CCC2=NCCCN21. The molecule has 2 aliphatic rings. The molecule has 0 spiro atoms. The summed E-state index contributed by atoms with van der Waals surface area (Å²) in [6, 6.07) is 0.834. The molecule has 0 aromatic rings. The Kier molecular flexibility index (Phi) is 3.44. The fourth-order valence-electron chi connectivity index (χ4n) is 2.67. The Morgan fingerprint density at radius 1 is 1.43 bits per heavy atom. The van der Waals surface area contributed by atoms with E-state index in [0.29, 0.717) is 0 Å². The third kappa shape index (κ3) is 2.10. The normalized spacial score (nSPS) is 26.2. The lowest BCUT2D eigenvalue weighted by Gasteiger charge is -2.29. The van der Waals surface area contributed by atoms with Crippen LogP contribution in [0.15, 0.2) is 4.99 Å². The fourth-order valence-corrected chi connectivity index (χ4v) is 2.67. The summed E-state index contributed by atoms with van der Waals surface area (Å²) in [4.78, 5) is 7.20. The molecule has 0 aromatic heterocycles. The summed E-state index contributed by atoms with van der Waals surface area (Å²) in [5, 5.41) is 0. The van der Waals surface area contributed by atoms with Gasteiger partial charge in [-0.25, -0.2) is 0 Å². The number of hydrogen-bond donors (Lipinski definition) is 0. The van der Waals surface area contributed by atoms with Gasteiger partial charge in [-0.15, -0.1) is 0 Å². The lowest BCUT2D eigenvalue weighted by molar-refractivity contribution is 0.300. The van der Waals surface area contributed by atoms with Crippen molar-refractivity contribution in [2.75, 3.05) is 13.1 Å². The molecular weight excluding hydrogens is 172 g/mol. The number of nitrogens with zero attached hydrogens (tertiary/aromatic N) is 2. The molecule has 0 amide bonds. The van der Waals surface area contributed by atoms with Crippen LogP contribution >= 0.6 is 0 Å². The number of rotatable bonds is 4. The van der Waals surface area contributed by atoms with E-state index in [0.717, 1.165) is 12.6 Å². The van der Waals surface area contributed by atoms with Gasteiger partial charge in [0.05, 0.1) is 5.84 Å². The van der Waals surface area contributed by atoms with Crippen molar-refractivity contribution in [3.63, 3.8) is 0 Å². The van der Waals surface area contributed by atoms with Gasteiger partial charge in [0, 0.05) is 25.6 Å². The Balaban J connectivity index is 1.82. The smallest absolute Gasteiger partial charge is 0.0992 e. The van der Waals surface area contributed by atoms with Gasteiger partial charge in [-0.05, 0) is 19.3 Å². The van der Waals surface area contributed by atoms with E-state index in [4.69, 9.17) is 0 Å². The quantitative estimate of drug-likeness (QED) is 0.628. The summed E-state index contributed by atoms with van der Waals surface area (Å²) >= 11 is 0. The standard InChI is InChI=1S/C12H22N2/c1-2-3-4-6-11-7-8-12-13-9-5-10-14(11)12/h11H,2-10H2,1H3. The first kappa shape index (κ1) is 10.0. The third-order valence-corrected chi connectivity index (χ3v) is 3.47. The van der Waals surface area contributed by atoms with Gasteiger partial charge in [0.15, 0.2) is 0 Å². The van der Waals surface area contributed by atoms with Crippen molar-refractivity contribution in [1.82, 2.24) is 4.90 Å². The molecule has 1 unspecified atom stereocenters. The molecule has 1 saturated heterocycles. The average Bonchev–Trinajstić information content (AvgIpc) is 2.63. The van der Waals surface area contributed by atoms with Crippen molar-refractivity contribution in [2.45, 2.75) is 57.9 Å². The molecule has 0 aromatic carbocycles. The number of aliphatic imine (C=N–C) groups is 1. The van der Waals surface area contributed by atoms with Gasteiger partial charge in [-0.3, -0.25) is 4.99 Å². The molecule has 2 heterocycles. The number of unbranched alkanes of at least 4 members (excludes halogenated alkanes) is 2. The van der Waals surface area contributed by atoms with Crippen molar-refractivity contribution in [3.05, 3.63) is 0 Å². The maximum Gasteiger partial charge on any atom is 0.0992 e. The first-order valence-electron chi connectivity index (χ1n) is 6.22. The van der Waals surface area contributed by atoms with Gasteiger partial charge in [0.1, 0.15) is 0 Å². The molecule has 0 N–H and O–H groups in total. The van der Waals surface area contributed by atoms with Crippen molar-refractivity contribution in [2.24, 2.45) is 4.99 Å². The number of amidine groups is 1. The molecule has 0 radical (unpaired) electrons. The van der Waals surface area contributed by atoms with Gasteiger partial charge in [0.25, 0.3) is 0 Å². The van der Waals surface area contributed by atoms with Crippen LogP contribution in [0.25, 0.3) is 0 Å². The number of hydrogen-bond acceptors (Lipinski definition) is 2. The predicted molar refractivity (Wildman–Crippen MR) is 60.8 cm³/mol. The van der Waals surface area contributed by atoms with E-state index in [1.807, 2.05) is 0 Å². The van der Waals surface area contributed by atoms with Gasteiger partial charge in [0.2, 0.25) is 0 Å². The van der Waals surface area contributed by atoms with Crippen LogP contribution in [0, 0.1) is 0 Å². The van der Waals surface area contributed by atoms with E-state index in [1.54, 1.807) is 0 Å². The fraction of sp³-hybridized carbons (Fsp3) is 0.917. The van der Waals surface area contributed by atoms with Crippen LogP contribution < -0.4 is 0 Å². The second-order valence-corrected chi connectivity index (χ2v) is 4.53. The van der Waals surface area contributed by atoms with Crippen molar-refractivity contribution in [1.29, 1.82) is 0 Å². The Bertz CT molecular complexity index is 210. The maximum absolute atomic E-state index is 4.61. The first-order valence-corrected chi connectivity index (χ1v) is 6.22. The third-order valence-electron chi connectivity index (χ3n) is 3.47. The minimum absolute atomic E-state index is 0.834. The Morgan fingerprint density at radius 2 is 2.36 bits per heavy atom. The van der Waals surface area contributed by atoms with Gasteiger partial charge in [-0.2, -0.15) is 0 Å². The van der Waals surface area contributed by atoms with E-state index in [9.17, 15) is 0 Å². The minimum atomic E-state index is 0.834. The van der Waals surface area contributed by atoms with E-state index in [-0.39, 0.29) is 0 Å². The molecule has 0 aliphatic carbocycles. The molecule has 2 rings (SSSR count). The molecule has 0 saturated carbocycles. The highest BCUT2D eigenvalue weighted by atomic mass is 15.2. The highest BCUT2D eigenvalue weighted by Gasteiger charge is 2.29. The second kappa shape index (κ2) is 4.81. The van der Waals surface area contributed by atoms with Crippen LogP contribution in [0.5, 0.6) is 0 Å². The molecule has 2 aliphatic heterocycles. The molecule has 2 heteroatoms. The van der Waals surface area contributed by atoms with Crippen LogP contribution in [0.1, 0.15) is 51.9 Å². The summed E-state index contributed by atoms with van der Waals surface area (Å²) in [7, 11) is 0. The minimum Gasteiger partial charge on any atom is -0.357 e. The van der Waals surface area contributed by atoms with E-state index < -0.39 is 0 Å². The van der Waals surface area contributed by atoms with Gasteiger partial charge < -0.3 is 4.90 Å². The average molecular weight is 194 g/mol.